The number of pyridine rings is 1. The Morgan fingerprint density at radius 2 is 2.31 bits per heavy atom. The monoisotopic (exact) mass is 216 g/mol. The van der Waals surface area contributed by atoms with E-state index in [9.17, 15) is 0 Å². The Hall–Kier alpha value is -1.60. The molecule has 1 heterocycles. The molecule has 2 rings (SSSR count). The third-order valence-electron chi connectivity index (χ3n) is 3.11. The summed E-state index contributed by atoms with van der Waals surface area (Å²) < 4.78 is 0. The molecule has 1 fully saturated rings. The minimum atomic E-state index is -0.0991. The van der Waals surface area contributed by atoms with Crippen LogP contribution in [0.1, 0.15) is 30.5 Å². The first-order valence-electron chi connectivity index (χ1n) is 5.53. The van der Waals surface area contributed by atoms with Crippen molar-refractivity contribution in [2.75, 3.05) is 11.9 Å². The number of anilines is 1. The van der Waals surface area contributed by atoms with Gasteiger partial charge in [0.1, 0.15) is 11.9 Å². The molecule has 1 aromatic heterocycles. The number of hydrogen-bond acceptors (Lipinski definition) is 4. The molecule has 84 valence electrons. The topological polar surface area (TPSA) is 74.7 Å². The van der Waals surface area contributed by atoms with Crippen LogP contribution >= 0.6 is 0 Å². The molecule has 1 aliphatic rings. The molecule has 0 amide bonds. The number of nitrogens with one attached hydrogen (secondary N) is 1. The van der Waals surface area contributed by atoms with E-state index in [4.69, 9.17) is 11.0 Å². The molecule has 0 aliphatic heterocycles. The minimum absolute atomic E-state index is 0.0991. The van der Waals surface area contributed by atoms with Crippen LogP contribution < -0.4 is 11.1 Å². The van der Waals surface area contributed by atoms with E-state index in [0.29, 0.717) is 17.9 Å². The Morgan fingerprint density at radius 1 is 1.56 bits per heavy atom. The largest absolute Gasteiger partial charge is 0.367 e. The standard InChI is InChI=1S/C12H16N4/c1-9-3-4-10(7-13)11(16-9)15-8-12(14)5-2-6-12/h3-4H,2,5-6,8,14H2,1H3,(H,15,16). The van der Waals surface area contributed by atoms with Crippen LogP contribution in [0, 0.1) is 18.3 Å². The van der Waals surface area contributed by atoms with Gasteiger partial charge in [0, 0.05) is 17.8 Å². The maximum absolute atomic E-state index is 8.95. The second-order valence-electron chi connectivity index (χ2n) is 4.53. The highest BCUT2D eigenvalue weighted by Gasteiger charge is 2.32. The molecule has 1 aliphatic carbocycles. The molecule has 4 heteroatoms. The molecule has 0 atom stereocenters. The van der Waals surface area contributed by atoms with E-state index in [-0.39, 0.29) is 5.54 Å². The SMILES string of the molecule is Cc1ccc(C#N)c(NCC2(N)CCC2)n1. The summed E-state index contributed by atoms with van der Waals surface area (Å²) in [5, 5.41) is 12.1. The van der Waals surface area contributed by atoms with Gasteiger partial charge in [-0.3, -0.25) is 0 Å². The molecule has 3 N–H and O–H groups in total. The van der Waals surface area contributed by atoms with E-state index in [1.165, 1.54) is 6.42 Å². The summed E-state index contributed by atoms with van der Waals surface area (Å²) >= 11 is 0. The number of rotatable bonds is 3. The lowest BCUT2D eigenvalue weighted by Gasteiger charge is -2.38. The zero-order valence-corrected chi connectivity index (χ0v) is 9.45. The maximum Gasteiger partial charge on any atom is 0.144 e. The van der Waals surface area contributed by atoms with E-state index in [0.717, 1.165) is 18.5 Å². The summed E-state index contributed by atoms with van der Waals surface area (Å²) in [5.74, 6) is 0.652. The fourth-order valence-electron chi connectivity index (χ4n) is 1.85. The van der Waals surface area contributed by atoms with Crippen molar-refractivity contribution in [3.63, 3.8) is 0 Å². The van der Waals surface area contributed by atoms with Gasteiger partial charge in [0.05, 0.1) is 5.56 Å². The third kappa shape index (κ3) is 2.15. The van der Waals surface area contributed by atoms with E-state index in [1.807, 2.05) is 13.0 Å². The number of hydrogen-bond donors (Lipinski definition) is 2. The van der Waals surface area contributed by atoms with Gasteiger partial charge in [0.15, 0.2) is 0 Å². The molecular weight excluding hydrogens is 200 g/mol. The van der Waals surface area contributed by atoms with Crippen molar-refractivity contribution < 1.29 is 0 Å². The van der Waals surface area contributed by atoms with Crippen LogP contribution in [0.3, 0.4) is 0 Å². The van der Waals surface area contributed by atoms with Gasteiger partial charge in [-0.15, -0.1) is 0 Å². The van der Waals surface area contributed by atoms with E-state index >= 15 is 0 Å². The molecule has 0 saturated heterocycles. The first kappa shape index (κ1) is 10.9. The second-order valence-corrected chi connectivity index (χ2v) is 4.53. The van der Waals surface area contributed by atoms with Crippen LogP contribution in [0.5, 0.6) is 0 Å². The number of nitrogens with two attached hydrogens (primary N) is 1. The van der Waals surface area contributed by atoms with E-state index in [2.05, 4.69) is 16.4 Å². The van der Waals surface area contributed by atoms with Gasteiger partial charge in [-0.05, 0) is 38.3 Å². The molecule has 0 aromatic carbocycles. The Balaban J connectivity index is 2.08. The fraction of sp³-hybridized carbons (Fsp3) is 0.500. The van der Waals surface area contributed by atoms with Crippen molar-refractivity contribution in [3.8, 4) is 6.07 Å². The molecule has 0 radical (unpaired) electrons. The van der Waals surface area contributed by atoms with Crippen molar-refractivity contribution in [1.29, 1.82) is 5.26 Å². The van der Waals surface area contributed by atoms with Gasteiger partial charge in [-0.1, -0.05) is 0 Å². The van der Waals surface area contributed by atoms with Gasteiger partial charge in [0.2, 0.25) is 0 Å². The molecule has 0 bridgehead atoms. The van der Waals surface area contributed by atoms with Crippen LogP contribution in [0.2, 0.25) is 0 Å². The number of nitrogens with zero attached hydrogens (tertiary/aromatic N) is 2. The number of aromatic nitrogens is 1. The number of aryl methyl sites for hydroxylation is 1. The van der Waals surface area contributed by atoms with Crippen molar-refractivity contribution in [2.45, 2.75) is 31.7 Å². The zero-order chi connectivity index (χ0) is 11.6. The van der Waals surface area contributed by atoms with Gasteiger partial charge in [-0.2, -0.15) is 5.26 Å². The maximum atomic E-state index is 8.95. The lowest BCUT2D eigenvalue weighted by Crippen LogP contribution is -2.52. The molecule has 1 aromatic rings. The Kier molecular flexibility index (Phi) is 2.80. The number of nitriles is 1. The van der Waals surface area contributed by atoms with Gasteiger partial charge in [0.25, 0.3) is 0 Å². The molecule has 1 saturated carbocycles. The molecule has 0 unspecified atom stereocenters. The summed E-state index contributed by atoms with van der Waals surface area (Å²) in [4.78, 5) is 4.32. The normalized spacial score (nSPS) is 17.3. The van der Waals surface area contributed by atoms with Crippen molar-refractivity contribution >= 4 is 5.82 Å². The summed E-state index contributed by atoms with van der Waals surface area (Å²) in [7, 11) is 0. The first-order chi connectivity index (χ1) is 7.63. The van der Waals surface area contributed by atoms with Gasteiger partial charge in [-0.25, -0.2) is 4.98 Å². The van der Waals surface area contributed by atoms with E-state index in [1.54, 1.807) is 6.07 Å². The summed E-state index contributed by atoms with van der Waals surface area (Å²) in [6.07, 6.45) is 3.30. The van der Waals surface area contributed by atoms with Crippen molar-refractivity contribution in [1.82, 2.24) is 4.98 Å². The summed E-state index contributed by atoms with van der Waals surface area (Å²) in [6.45, 7) is 2.60. The Labute approximate surface area is 95.5 Å². The lowest BCUT2D eigenvalue weighted by molar-refractivity contribution is 0.265. The smallest absolute Gasteiger partial charge is 0.144 e. The van der Waals surface area contributed by atoms with Crippen LogP contribution in [0.4, 0.5) is 5.82 Å². The van der Waals surface area contributed by atoms with Gasteiger partial charge >= 0.3 is 0 Å². The Bertz CT molecular complexity index is 429. The summed E-state index contributed by atoms with van der Waals surface area (Å²) in [6, 6.07) is 5.75. The second kappa shape index (κ2) is 4.11. The van der Waals surface area contributed by atoms with Crippen LogP contribution in [-0.2, 0) is 0 Å². The quantitative estimate of drug-likeness (QED) is 0.804. The Morgan fingerprint density at radius 3 is 2.88 bits per heavy atom. The van der Waals surface area contributed by atoms with Crippen LogP contribution in [0.15, 0.2) is 12.1 Å². The highest BCUT2D eigenvalue weighted by atomic mass is 15.0. The molecular formula is C12H16N4. The van der Waals surface area contributed by atoms with E-state index < -0.39 is 0 Å². The predicted octanol–water partition coefficient (Wildman–Crippen LogP) is 1.56. The van der Waals surface area contributed by atoms with Crippen LogP contribution in [0.25, 0.3) is 0 Å². The minimum Gasteiger partial charge on any atom is -0.367 e. The zero-order valence-electron chi connectivity index (χ0n) is 9.45. The average molecular weight is 216 g/mol. The molecule has 4 nitrogen and oxygen atoms in total. The molecule has 16 heavy (non-hydrogen) atoms. The fourth-order valence-corrected chi connectivity index (χ4v) is 1.85. The highest BCUT2D eigenvalue weighted by Crippen LogP contribution is 2.29. The molecule has 0 spiro atoms. The summed E-state index contributed by atoms with van der Waals surface area (Å²) in [5.41, 5.74) is 7.49. The highest BCUT2D eigenvalue weighted by molar-refractivity contribution is 5.52. The first-order valence-corrected chi connectivity index (χ1v) is 5.53. The van der Waals surface area contributed by atoms with Gasteiger partial charge < -0.3 is 11.1 Å². The lowest BCUT2D eigenvalue weighted by atomic mass is 9.78. The van der Waals surface area contributed by atoms with Crippen molar-refractivity contribution in [2.24, 2.45) is 5.73 Å². The third-order valence-corrected chi connectivity index (χ3v) is 3.11. The average Bonchev–Trinajstić information content (AvgIpc) is 2.24. The van der Waals surface area contributed by atoms with Crippen molar-refractivity contribution in [3.05, 3.63) is 23.4 Å². The predicted molar refractivity (Wildman–Crippen MR) is 62.9 cm³/mol. The van der Waals surface area contributed by atoms with Crippen LogP contribution in [-0.4, -0.2) is 17.1 Å².